The molecule has 1 saturated heterocycles. The van der Waals surface area contributed by atoms with E-state index in [1.54, 1.807) is 11.3 Å². The van der Waals surface area contributed by atoms with Crippen LogP contribution in [0, 0.1) is 5.41 Å². The van der Waals surface area contributed by atoms with Crippen LogP contribution in [0.25, 0.3) is 0 Å². The molecule has 1 aliphatic heterocycles. The first-order chi connectivity index (χ1) is 9.16. The van der Waals surface area contributed by atoms with E-state index in [2.05, 4.69) is 41.3 Å². The zero-order valence-corrected chi connectivity index (χ0v) is 12.7. The fourth-order valence-electron chi connectivity index (χ4n) is 2.84. The molecule has 0 bridgehead atoms. The van der Waals surface area contributed by atoms with Crippen LogP contribution < -0.4 is 10.6 Å². The van der Waals surface area contributed by atoms with Gasteiger partial charge in [-0.15, -0.1) is 0 Å². The van der Waals surface area contributed by atoms with Gasteiger partial charge in [0.1, 0.15) is 0 Å². The van der Waals surface area contributed by atoms with Gasteiger partial charge in [0.05, 0.1) is 5.41 Å². The van der Waals surface area contributed by atoms with Gasteiger partial charge in [0.25, 0.3) is 0 Å². The number of hydrogen-bond acceptors (Lipinski definition) is 3. The summed E-state index contributed by atoms with van der Waals surface area (Å²) in [5, 5.41) is 10.8. The van der Waals surface area contributed by atoms with Crippen molar-refractivity contribution in [3.05, 3.63) is 22.4 Å². The molecule has 106 valence electrons. The van der Waals surface area contributed by atoms with Gasteiger partial charge in [-0.25, -0.2) is 0 Å². The van der Waals surface area contributed by atoms with Crippen LogP contribution in [0.15, 0.2) is 16.8 Å². The molecule has 0 spiro atoms. The van der Waals surface area contributed by atoms with Crippen LogP contribution in [0.2, 0.25) is 0 Å². The van der Waals surface area contributed by atoms with Crippen LogP contribution >= 0.6 is 11.3 Å². The molecule has 1 amide bonds. The Bertz CT molecular complexity index is 396. The molecule has 2 N–H and O–H groups in total. The Kier molecular flexibility index (Phi) is 4.99. The van der Waals surface area contributed by atoms with Gasteiger partial charge < -0.3 is 10.6 Å². The number of thiophene rings is 1. The molecule has 1 fully saturated rings. The van der Waals surface area contributed by atoms with Crippen LogP contribution in [0.1, 0.15) is 38.7 Å². The second-order valence-corrected chi connectivity index (χ2v) is 6.37. The lowest BCUT2D eigenvalue weighted by molar-refractivity contribution is -0.133. The summed E-state index contributed by atoms with van der Waals surface area (Å²) >= 11 is 1.71. The van der Waals surface area contributed by atoms with Crippen LogP contribution in [-0.4, -0.2) is 25.0 Å². The van der Waals surface area contributed by atoms with E-state index < -0.39 is 0 Å². The molecule has 1 aromatic heterocycles. The van der Waals surface area contributed by atoms with Crippen LogP contribution in [0.4, 0.5) is 0 Å². The lowest BCUT2D eigenvalue weighted by atomic mass is 9.75. The monoisotopic (exact) mass is 280 g/mol. The highest BCUT2D eigenvalue weighted by Crippen LogP contribution is 2.32. The van der Waals surface area contributed by atoms with Crippen LogP contribution in [0.3, 0.4) is 0 Å². The molecule has 1 atom stereocenters. The van der Waals surface area contributed by atoms with E-state index in [0.29, 0.717) is 0 Å². The SMILES string of the molecule is CCC1(C(=O)NC(C)Cc2ccsc2)CCNCC1. The number of amides is 1. The Morgan fingerprint density at radius 3 is 2.84 bits per heavy atom. The molecule has 0 saturated carbocycles. The Labute approximate surface area is 119 Å². The highest BCUT2D eigenvalue weighted by Gasteiger charge is 2.37. The van der Waals surface area contributed by atoms with Crippen molar-refractivity contribution in [2.45, 2.75) is 45.6 Å². The minimum atomic E-state index is -0.145. The van der Waals surface area contributed by atoms with Crippen molar-refractivity contribution in [3.63, 3.8) is 0 Å². The second-order valence-electron chi connectivity index (χ2n) is 5.59. The molecule has 0 radical (unpaired) electrons. The molecular weight excluding hydrogens is 256 g/mol. The fraction of sp³-hybridized carbons (Fsp3) is 0.667. The largest absolute Gasteiger partial charge is 0.353 e. The smallest absolute Gasteiger partial charge is 0.226 e. The molecule has 2 heterocycles. The Hall–Kier alpha value is -0.870. The third-order valence-corrected chi connectivity index (χ3v) is 4.95. The first-order valence-corrected chi connectivity index (χ1v) is 8.13. The van der Waals surface area contributed by atoms with Crippen molar-refractivity contribution in [2.75, 3.05) is 13.1 Å². The van der Waals surface area contributed by atoms with Crippen molar-refractivity contribution >= 4 is 17.2 Å². The zero-order valence-electron chi connectivity index (χ0n) is 11.9. The minimum absolute atomic E-state index is 0.145. The van der Waals surface area contributed by atoms with Crippen molar-refractivity contribution in [1.29, 1.82) is 0 Å². The van der Waals surface area contributed by atoms with Crippen LogP contribution in [-0.2, 0) is 11.2 Å². The first kappa shape index (κ1) is 14.5. The predicted octanol–water partition coefficient (Wildman–Crippen LogP) is 2.58. The average molecular weight is 280 g/mol. The molecule has 4 heteroatoms. The zero-order chi connectivity index (χ0) is 13.7. The second kappa shape index (κ2) is 6.53. The van der Waals surface area contributed by atoms with Crippen molar-refractivity contribution in [3.8, 4) is 0 Å². The molecule has 0 aromatic carbocycles. The maximum atomic E-state index is 12.6. The topological polar surface area (TPSA) is 41.1 Å². The summed E-state index contributed by atoms with van der Waals surface area (Å²) in [7, 11) is 0. The average Bonchev–Trinajstić information content (AvgIpc) is 2.92. The summed E-state index contributed by atoms with van der Waals surface area (Å²) < 4.78 is 0. The van der Waals surface area contributed by atoms with Crippen molar-refractivity contribution in [1.82, 2.24) is 10.6 Å². The number of hydrogen-bond donors (Lipinski definition) is 2. The van der Waals surface area contributed by atoms with E-state index in [1.807, 2.05) is 0 Å². The van der Waals surface area contributed by atoms with E-state index >= 15 is 0 Å². The van der Waals surface area contributed by atoms with E-state index in [-0.39, 0.29) is 17.4 Å². The van der Waals surface area contributed by atoms with E-state index in [0.717, 1.165) is 38.8 Å². The van der Waals surface area contributed by atoms with Gasteiger partial charge in [0.2, 0.25) is 5.91 Å². The Morgan fingerprint density at radius 2 is 2.26 bits per heavy atom. The summed E-state index contributed by atoms with van der Waals surface area (Å²) in [4.78, 5) is 12.6. The Morgan fingerprint density at radius 1 is 1.53 bits per heavy atom. The van der Waals surface area contributed by atoms with E-state index in [9.17, 15) is 4.79 Å². The highest BCUT2D eigenvalue weighted by molar-refractivity contribution is 7.07. The van der Waals surface area contributed by atoms with Gasteiger partial charge in [-0.05, 0) is 68.1 Å². The van der Waals surface area contributed by atoms with Gasteiger partial charge in [-0.1, -0.05) is 6.92 Å². The maximum Gasteiger partial charge on any atom is 0.226 e. The molecule has 19 heavy (non-hydrogen) atoms. The van der Waals surface area contributed by atoms with Crippen molar-refractivity contribution < 1.29 is 4.79 Å². The number of rotatable bonds is 5. The van der Waals surface area contributed by atoms with Crippen molar-refractivity contribution in [2.24, 2.45) is 5.41 Å². The third-order valence-electron chi connectivity index (χ3n) is 4.22. The van der Waals surface area contributed by atoms with Gasteiger partial charge in [-0.2, -0.15) is 11.3 Å². The summed E-state index contributed by atoms with van der Waals surface area (Å²) in [6.07, 6.45) is 3.78. The molecule has 2 rings (SSSR count). The maximum absolute atomic E-state index is 12.6. The lowest BCUT2D eigenvalue weighted by Crippen LogP contribution is -2.49. The number of carbonyl (C=O) groups is 1. The fourth-order valence-corrected chi connectivity index (χ4v) is 3.52. The van der Waals surface area contributed by atoms with Crippen LogP contribution in [0.5, 0.6) is 0 Å². The Balaban J connectivity index is 1.91. The number of piperidine rings is 1. The van der Waals surface area contributed by atoms with E-state index in [1.165, 1.54) is 5.56 Å². The van der Waals surface area contributed by atoms with Gasteiger partial charge in [0.15, 0.2) is 0 Å². The standard InChI is InChI=1S/C15H24N2OS/c1-3-15(5-7-16-8-6-15)14(18)17-12(2)10-13-4-9-19-11-13/h4,9,11-12,16H,3,5-8,10H2,1-2H3,(H,17,18). The normalized spacial score (nSPS) is 19.9. The first-order valence-electron chi connectivity index (χ1n) is 7.19. The van der Waals surface area contributed by atoms with Gasteiger partial charge in [0, 0.05) is 6.04 Å². The number of carbonyl (C=O) groups excluding carboxylic acids is 1. The van der Waals surface area contributed by atoms with Gasteiger partial charge >= 0.3 is 0 Å². The highest BCUT2D eigenvalue weighted by atomic mass is 32.1. The summed E-state index contributed by atoms with van der Waals surface area (Å²) in [5.41, 5.74) is 1.17. The number of nitrogens with one attached hydrogen (secondary N) is 2. The quantitative estimate of drug-likeness (QED) is 0.870. The third kappa shape index (κ3) is 3.57. The van der Waals surface area contributed by atoms with Gasteiger partial charge in [-0.3, -0.25) is 4.79 Å². The molecular formula is C15H24N2OS. The predicted molar refractivity (Wildman–Crippen MR) is 80.5 cm³/mol. The van der Waals surface area contributed by atoms with E-state index in [4.69, 9.17) is 0 Å². The molecule has 1 unspecified atom stereocenters. The lowest BCUT2D eigenvalue weighted by Gasteiger charge is -2.36. The molecule has 3 nitrogen and oxygen atoms in total. The molecule has 0 aliphatic carbocycles. The summed E-state index contributed by atoms with van der Waals surface area (Å²) in [6, 6.07) is 2.34. The molecule has 1 aliphatic rings. The molecule has 1 aromatic rings. The summed E-state index contributed by atoms with van der Waals surface area (Å²) in [6.45, 7) is 6.15. The summed E-state index contributed by atoms with van der Waals surface area (Å²) in [5.74, 6) is 0.249. The minimum Gasteiger partial charge on any atom is -0.353 e.